The van der Waals surface area contributed by atoms with E-state index in [9.17, 15) is 0 Å². The van der Waals surface area contributed by atoms with Crippen LogP contribution in [0.25, 0.3) is 0 Å². The van der Waals surface area contributed by atoms with Crippen LogP contribution in [-0.4, -0.2) is 6.61 Å². The molecule has 0 saturated heterocycles. The smallest absolute Gasteiger partial charge is 0.119 e. The Morgan fingerprint density at radius 1 is 1.20 bits per heavy atom. The van der Waals surface area contributed by atoms with E-state index in [1.165, 1.54) is 5.56 Å². The Morgan fingerprint density at radius 2 is 1.87 bits per heavy atom. The van der Waals surface area contributed by atoms with Crippen LogP contribution in [0.1, 0.15) is 40.2 Å². The fourth-order valence-electron chi connectivity index (χ4n) is 1.12. The highest BCUT2D eigenvalue weighted by Crippen LogP contribution is 2.14. The van der Waals surface area contributed by atoms with Gasteiger partial charge in [-0.25, -0.2) is 0 Å². The monoisotopic (exact) mass is 208 g/mol. The molecule has 15 heavy (non-hydrogen) atoms. The molecular formula is C14H24O. The van der Waals surface area contributed by atoms with Gasteiger partial charge in [-0.1, -0.05) is 46.8 Å². The van der Waals surface area contributed by atoms with Gasteiger partial charge < -0.3 is 4.74 Å². The molecule has 0 heterocycles. The third kappa shape index (κ3) is 6.16. The fourth-order valence-corrected chi connectivity index (χ4v) is 1.12. The van der Waals surface area contributed by atoms with Gasteiger partial charge in [0.2, 0.25) is 0 Å². The van der Waals surface area contributed by atoms with Crippen molar-refractivity contribution in [2.24, 2.45) is 5.92 Å². The number of ether oxygens (including phenoxy) is 1. The summed E-state index contributed by atoms with van der Waals surface area (Å²) in [5, 5.41) is 0. The molecule has 1 heteroatoms. The summed E-state index contributed by atoms with van der Waals surface area (Å²) in [4.78, 5) is 0. The second-order valence-corrected chi connectivity index (χ2v) is 3.71. The van der Waals surface area contributed by atoms with E-state index in [1.807, 2.05) is 19.9 Å². The van der Waals surface area contributed by atoms with Gasteiger partial charge >= 0.3 is 0 Å². The lowest BCUT2D eigenvalue weighted by atomic mass is 10.2. The van der Waals surface area contributed by atoms with Crippen molar-refractivity contribution >= 4 is 0 Å². The van der Waals surface area contributed by atoms with Gasteiger partial charge in [0, 0.05) is 0 Å². The molecule has 0 aliphatic carbocycles. The molecular weight excluding hydrogens is 184 g/mol. The first-order chi connectivity index (χ1) is 7.22. The first-order valence-electron chi connectivity index (χ1n) is 5.94. The van der Waals surface area contributed by atoms with Gasteiger partial charge in [-0.05, 0) is 30.0 Å². The summed E-state index contributed by atoms with van der Waals surface area (Å²) >= 11 is 0. The van der Waals surface area contributed by atoms with Gasteiger partial charge in [-0.3, -0.25) is 0 Å². The molecule has 86 valence electrons. The van der Waals surface area contributed by atoms with Crippen LogP contribution in [0.5, 0.6) is 5.75 Å². The van der Waals surface area contributed by atoms with Gasteiger partial charge in [0.15, 0.2) is 0 Å². The minimum absolute atomic E-state index is 0.588. The largest absolute Gasteiger partial charge is 0.493 e. The molecule has 1 aromatic carbocycles. The Bertz CT molecular complexity index is 253. The zero-order chi connectivity index (χ0) is 11.7. The molecule has 0 unspecified atom stereocenters. The highest BCUT2D eigenvalue weighted by atomic mass is 16.5. The van der Waals surface area contributed by atoms with Gasteiger partial charge in [0.25, 0.3) is 0 Å². The Balaban J connectivity index is 0.000000921. The maximum Gasteiger partial charge on any atom is 0.119 e. The maximum atomic E-state index is 5.61. The van der Waals surface area contributed by atoms with Crippen molar-refractivity contribution in [1.82, 2.24) is 0 Å². The Kier molecular flexibility index (Phi) is 7.79. The van der Waals surface area contributed by atoms with E-state index < -0.39 is 0 Å². The Hall–Kier alpha value is -0.980. The van der Waals surface area contributed by atoms with Crippen LogP contribution < -0.4 is 4.74 Å². The molecule has 0 N–H and O–H groups in total. The highest BCUT2D eigenvalue weighted by molar-refractivity contribution is 5.28. The normalized spacial score (nSPS) is 9.47. The molecule has 1 aromatic rings. The number of benzene rings is 1. The van der Waals surface area contributed by atoms with Crippen molar-refractivity contribution in [3.05, 3.63) is 29.8 Å². The third-order valence-electron chi connectivity index (χ3n) is 1.89. The van der Waals surface area contributed by atoms with Crippen molar-refractivity contribution in [2.45, 2.75) is 41.0 Å². The molecule has 0 saturated carbocycles. The number of hydrogen-bond acceptors (Lipinski definition) is 1. The molecule has 1 nitrogen and oxygen atoms in total. The fraction of sp³-hybridized carbons (Fsp3) is 0.571. The Morgan fingerprint density at radius 3 is 2.40 bits per heavy atom. The first-order valence-corrected chi connectivity index (χ1v) is 5.94. The molecule has 0 bridgehead atoms. The van der Waals surface area contributed by atoms with Crippen LogP contribution in [-0.2, 0) is 6.42 Å². The van der Waals surface area contributed by atoms with E-state index in [4.69, 9.17) is 4.74 Å². The van der Waals surface area contributed by atoms with Crippen LogP contribution in [0.2, 0.25) is 0 Å². The molecule has 0 atom stereocenters. The predicted molar refractivity (Wildman–Crippen MR) is 67.5 cm³/mol. The van der Waals surface area contributed by atoms with Crippen LogP contribution in [0, 0.1) is 5.92 Å². The number of aryl methyl sites for hydroxylation is 1. The predicted octanol–water partition coefficient (Wildman–Crippen LogP) is 4.31. The Labute approximate surface area is 94.5 Å². The van der Waals surface area contributed by atoms with Gasteiger partial charge in [0.1, 0.15) is 5.75 Å². The summed E-state index contributed by atoms with van der Waals surface area (Å²) in [6.45, 7) is 11.3. The lowest BCUT2D eigenvalue weighted by molar-refractivity contribution is 0.271. The van der Waals surface area contributed by atoms with E-state index in [0.717, 1.165) is 18.8 Å². The van der Waals surface area contributed by atoms with Crippen molar-refractivity contribution < 1.29 is 4.74 Å². The molecule has 0 aromatic heterocycles. The zero-order valence-corrected chi connectivity index (χ0v) is 10.7. The summed E-state index contributed by atoms with van der Waals surface area (Å²) in [5.41, 5.74) is 1.33. The van der Waals surface area contributed by atoms with Crippen molar-refractivity contribution in [1.29, 1.82) is 0 Å². The first kappa shape index (κ1) is 14.0. The standard InChI is InChI=1S/C12H18O.C2H6/c1-4-11-6-5-7-12(8-11)13-9-10(2)3;1-2/h5-8,10H,4,9H2,1-3H3;1-2H3. The highest BCUT2D eigenvalue weighted by Gasteiger charge is 1.97. The number of rotatable bonds is 4. The summed E-state index contributed by atoms with van der Waals surface area (Å²) in [6, 6.07) is 8.31. The van der Waals surface area contributed by atoms with Crippen LogP contribution in [0.15, 0.2) is 24.3 Å². The molecule has 0 fully saturated rings. The maximum absolute atomic E-state index is 5.61. The second-order valence-electron chi connectivity index (χ2n) is 3.71. The second kappa shape index (κ2) is 8.34. The summed E-state index contributed by atoms with van der Waals surface area (Å²) < 4.78 is 5.61. The van der Waals surface area contributed by atoms with E-state index in [1.54, 1.807) is 0 Å². The summed E-state index contributed by atoms with van der Waals surface area (Å²) in [6.07, 6.45) is 1.07. The van der Waals surface area contributed by atoms with Crippen LogP contribution >= 0.6 is 0 Å². The van der Waals surface area contributed by atoms with Crippen molar-refractivity contribution in [3.8, 4) is 5.75 Å². The van der Waals surface area contributed by atoms with Crippen LogP contribution in [0.3, 0.4) is 0 Å². The van der Waals surface area contributed by atoms with Gasteiger partial charge in [-0.15, -0.1) is 0 Å². The molecule has 0 aliphatic heterocycles. The van der Waals surface area contributed by atoms with E-state index >= 15 is 0 Å². The SMILES string of the molecule is CC.CCc1cccc(OCC(C)C)c1. The average Bonchev–Trinajstić information content (AvgIpc) is 2.29. The minimum Gasteiger partial charge on any atom is -0.493 e. The lowest BCUT2D eigenvalue weighted by Gasteiger charge is -2.09. The van der Waals surface area contributed by atoms with Crippen molar-refractivity contribution in [3.63, 3.8) is 0 Å². The zero-order valence-electron chi connectivity index (χ0n) is 10.7. The molecule has 0 amide bonds. The lowest BCUT2D eigenvalue weighted by Crippen LogP contribution is -2.04. The topological polar surface area (TPSA) is 9.23 Å². The number of hydrogen-bond donors (Lipinski definition) is 0. The quantitative estimate of drug-likeness (QED) is 0.716. The summed E-state index contributed by atoms with van der Waals surface area (Å²) in [5.74, 6) is 1.58. The van der Waals surface area contributed by atoms with Gasteiger partial charge in [0.05, 0.1) is 6.61 Å². The van der Waals surface area contributed by atoms with Gasteiger partial charge in [-0.2, -0.15) is 0 Å². The van der Waals surface area contributed by atoms with E-state index in [-0.39, 0.29) is 0 Å². The minimum atomic E-state index is 0.588. The van der Waals surface area contributed by atoms with Crippen LogP contribution in [0.4, 0.5) is 0 Å². The van der Waals surface area contributed by atoms with E-state index in [2.05, 4.69) is 39.0 Å². The third-order valence-corrected chi connectivity index (χ3v) is 1.89. The van der Waals surface area contributed by atoms with Crippen molar-refractivity contribution in [2.75, 3.05) is 6.61 Å². The molecule has 0 spiro atoms. The van der Waals surface area contributed by atoms with E-state index in [0.29, 0.717) is 5.92 Å². The molecule has 0 radical (unpaired) electrons. The summed E-state index contributed by atoms with van der Waals surface area (Å²) in [7, 11) is 0. The molecule has 0 aliphatic rings. The average molecular weight is 208 g/mol. The molecule has 1 rings (SSSR count).